The molecule has 4 aromatic carbocycles. The molecule has 0 bridgehead atoms. The van der Waals surface area contributed by atoms with Crippen LogP contribution < -0.4 is 26.4 Å². The molecule has 4 aromatic rings. The van der Waals surface area contributed by atoms with Crippen molar-refractivity contribution >= 4 is 45.4 Å². The maximum absolute atomic E-state index is 14.4. The fourth-order valence-electron chi connectivity index (χ4n) is 10.1. The summed E-state index contributed by atoms with van der Waals surface area (Å²) in [5.74, 6) is 5.28. The number of anilines is 1. The number of nitrogens with one attached hydrogen (secondary N) is 3. The highest BCUT2D eigenvalue weighted by Crippen LogP contribution is 2.44. The number of phenols is 1. The Bertz CT molecular complexity index is 3550. The van der Waals surface area contributed by atoms with Crippen molar-refractivity contribution in [3.8, 4) is 62.5 Å². The van der Waals surface area contributed by atoms with Gasteiger partial charge >= 0.3 is 5.97 Å². The van der Waals surface area contributed by atoms with Crippen LogP contribution in [0.3, 0.4) is 0 Å². The van der Waals surface area contributed by atoms with Crippen molar-refractivity contribution in [3.05, 3.63) is 146 Å². The molecule has 0 atom stereocenters. The van der Waals surface area contributed by atoms with E-state index < -0.39 is 11.5 Å². The second-order valence-corrected chi connectivity index (χ2v) is 18.2. The summed E-state index contributed by atoms with van der Waals surface area (Å²) in [4.78, 5) is 59.1. The molecule has 2 amide bonds. The molecule has 9 rings (SSSR count). The molecule has 0 saturated carbocycles. The molecular weight excluding hydrogens is 881 g/mol. The van der Waals surface area contributed by atoms with Crippen LogP contribution in [-0.2, 0) is 0 Å². The number of phenolic OH excluding ortho intramolecular Hbond substituents is 1. The number of likely N-dealkylation sites (tertiary alicyclic amines) is 1. The van der Waals surface area contributed by atoms with E-state index in [-0.39, 0.29) is 45.5 Å². The number of piperidine rings is 1. The first kappa shape index (κ1) is 46.9. The highest BCUT2D eigenvalue weighted by atomic mass is 16.4. The number of nitrogens with zero attached hydrogens (tertiary/aromatic N) is 1. The molecule has 3 heterocycles. The minimum Gasteiger partial charge on any atom is -0.508 e. The Balaban J connectivity index is 0.995. The fourth-order valence-corrected chi connectivity index (χ4v) is 10.1. The Labute approximate surface area is 405 Å². The third kappa shape index (κ3) is 8.87. The molecule has 70 heavy (non-hydrogen) atoms. The summed E-state index contributed by atoms with van der Waals surface area (Å²) in [7, 11) is 0. The number of carboxylic acids is 1. The van der Waals surface area contributed by atoms with Gasteiger partial charge in [0.2, 0.25) is 5.36 Å². The van der Waals surface area contributed by atoms with Crippen LogP contribution in [0.25, 0.3) is 66.8 Å². The molecule has 0 spiro atoms. The van der Waals surface area contributed by atoms with Crippen molar-refractivity contribution in [3.63, 3.8) is 0 Å². The van der Waals surface area contributed by atoms with Crippen molar-refractivity contribution in [2.45, 2.75) is 72.8 Å². The number of hydrogen-bond acceptors (Lipinski definition) is 8. The molecule has 5 aliphatic rings. The van der Waals surface area contributed by atoms with Gasteiger partial charge in [-0.15, -0.1) is 11.8 Å². The predicted octanol–water partition coefficient (Wildman–Crippen LogP) is 9.05. The first-order valence-corrected chi connectivity index (χ1v) is 23.7. The molecule has 5 N–H and O–H groups in total. The van der Waals surface area contributed by atoms with E-state index in [1.807, 2.05) is 25.1 Å². The highest BCUT2D eigenvalue weighted by Gasteiger charge is 2.38. The maximum Gasteiger partial charge on any atom is 0.336 e. The van der Waals surface area contributed by atoms with Gasteiger partial charge in [-0.2, -0.15) is 0 Å². The highest BCUT2D eigenvalue weighted by molar-refractivity contribution is 6.09. The second kappa shape index (κ2) is 19.1. The zero-order valence-electron chi connectivity index (χ0n) is 40.2. The first-order valence-electron chi connectivity index (χ1n) is 23.7. The lowest BCUT2D eigenvalue weighted by atomic mass is 9.82. The summed E-state index contributed by atoms with van der Waals surface area (Å²) in [5, 5.41) is 30.2. The average Bonchev–Trinajstić information content (AvgIpc) is 3.33. The van der Waals surface area contributed by atoms with Gasteiger partial charge in [-0.3, -0.25) is 14.4 Å². The van der Waals surface area contributed by atoms with Gasteiger partial charge in [0.05, 0.1) is 11.6 Å². The van der Waals surface area contributed by atoms with Crippen LogP contribution >= 0.6 is 0 Å². The zero-order valence-corrected chi connectivity index (χ0v) is 40.2. The van der Waals surface area contributed by atoms with Gasteiger partial charge in [0.1, 0.15) is 35.0 Å². The molecule has 12 heteroatoms. The van der Waals surface area contributed by atoms with Gasteiger partial charge in [-0.05, 0) is 144 Å². The summed E-state index contributed by atoms with van der Waals surface area (Å²) >= 11 is 0. The Kier molecular flexibility index (Phi) is 12.8. The van der Waals surface area contributed by atoms with E-state index in [4.69, 9.17) is 8.83 Å². The Morgan fingerprint density at radius 2 is 1.44 bits per heavy atom. The van der Waals surface area contributed by atoms with E-state index in [2.05, 4.69) is 79.4 Å². The van der Waals surface area contributed by atoms with E-state index in [0.29, 0.717) is 66.4 Å². The summed E-state index contributed by atoms with van der Waals surface area (Å²) in [6.07, 6.45) is 2.07. The van der Waals surface area contributed by atoms with Gasteiger partial charge in [0.15, 0.2) is 5.43 Å². The molecule has 3 aliphatic heterocycles. The van der Waals surface area contributed by atoms with Crippen molar-refractivity contribution in [2.75, 3.05) is 31.5 Å². The van der Waals surface area contributed by atoms with Crippen LogP contribution in [0.4, 0.5) is 5.69 Å². The van der Waals surface area contributed by atoms with Crippen LogP contribution in [-0.4, -0.2) is 64.6 Å². The van der Waals surface area contributed by atoms with Crippen LogP contribution in [0.15, 0.2) is 111 Å². The van der Waals surface area contributed by atoms with E-state index in [1.165, 1.54) is 30.3 Å². The summed E-state index contributed by atoms with van der Waals surface area (Å²) in [6.45, 7) is 14.3. The number of hydrogen-bond donors (Lipinski definition) is 5. The SMILES string of the molecule is CC#CCCC1(NC(=O)c2ccc(-c3c4cc(C)c(=[NH+]CC)cc-4oc4cc(NCC)c(C)cc34)c(C)c2)CCN(C(=O)c2ccc(-c3c4ccc(=O)cc-4oc4cc(O)ccc34)c(C(=O)O)c2)CC1. The molecule has 0 aromatic heterocycles. The van der Waals surface area contributed by atoms with Gasteiger partial charge in [0.25, 0.3) is 11.8 Å². The molecule has 354 valence electrons. The lowest BCUT2D eigenvalue weighted by Crippen LogP contribution is -2.76. The number of amides is 2. The fraction of sp³-hybridized carbons (Fsp3) is 0.259. The van der Waals surface area contributed by atoms with Crippen LogP contribution in [0.1, 0.15) is 94.2 Å². The van der Waals surface area contributed by atoms with Gasteiger partial charge in [0, 0.05) is 105 Å². The number of carbonyl (C=O) groups is 3. The number of benzene rings is 6. The Morgan fingerprint density at radius 1 is 0.743 bits per heavy atom. The van der Waals surface area contributed by atoms with Crippen LogP contribution in [0.5, 0.6) is 5.75 Å². The minimum atomic E-state index is -1.24. The van der Waals surface area contributed by atoms with Crippen molar-refractivity contribution < 1.29 is 38.4 Å². The standard InChI is InChI=1S/C58H54N4O8/c1-7-10-11-20-58(61-55(65)36-12-16-40(33(4)25-36)53-45-26-34(5)47(59-8-2)31-51(45)70-52-32-48(60-9-3)35(6)27-46(52)53)21-23-62(24-22-58)56(66)37-13-17-41(44(28-37)57(67)68)54-42-18-14-38(63)29-49(42)69-50-30-39(64)15-19-43(50)54/h12-19,25-32,59,63H,8-9,11,20-24H2,1-6H3,(H,61,65)(H,67,68)/p+1. The number of carboxylic acid groups (broad SMARTS) is 1. The zero-order chi connectivity index (χ0) is 49.4. The first-order chi connectivity index (χ1) is 33.7. The summed E-state index contributed by atoms with van der Waals surface area (Å²) in [6, 6.07) is 27.7. The molecule has 2 aliphatic carbocycles. The molecule has 1 saturated heterocycles. The molecular formula is C58H55N4O8+. The van der Waals surface area contributed by atoms with Crippen molar-refractivity contribution in [2.24, 2.45) is 0 Å². The second-order valence-electron chi connectivity index (χ2n) is 18.2. The van der Waals surface area contributed by atoms with E-state index in [9.17, 15) is 29.4 Å². The smallest absolute Gasteiger partial charge is 0.336 e. The summed E-state index contributed by atoms with van der Waals surface area (Å²) < 4.78 is 12.6. The number of carbonyl (C=O) groups excluding carboxylic acids is 2. The third-order valence-corrected chi connectivity index (χ3v) is 13.6. The van der Waals surface area contributed by atoms with Crippen LogP contribution in [0.2, 0.25) is 0 Å². The lowest BCUT2D eigenvalue weighted by molar-refractivity contribution is -0.496. The Hall–Kier alpha value is -8.17. The monoisotopic (exact) mass is 935 g/mol. The predicted molar refractivity (Wildman–Crippen MR) is 272 cm³/mol. The molecule has 0 unspecified atom stereocenters. The van der Waals surface area contributed by atoms with Gasteiger partial charge in [-0.25, -0.2) is 9.79 Å². The summed E-state index contributed by atoms with van der Waals surface area (Å²) in [5.41, 5.74) is 9.15. The molecule has 0 radical (unpaired) electrons. The maximum atomic E-state index is 14.4. The Morgan fingerprint density at radius 3 is 2.16 bits per heavy atom. The van der Waals surface area contributed by atoms with E-state index in [0.717, 1.165) is 74.2 Å². The number of aryl methyl sites for hydroxylation is 3. The quantitative estimate of drug-likeness (QED) is 0.0626. The topological polar surface area (TPSA) is 176 Å². The van der Waals surface area contributed by atoms with E-state index >= 15 is 0 Å². The normalized spacial score (nSPS) is 13.7. The average molecular weight is 936 g/mol. The van der Waals surface area contributed by atoms with Gasteiger partial charge < -0.3 is 34.6 Å². The lowest BCUT2D eigenvalue weighted by Gasteiger charge is -2.42. The van der Waals surface area contributed by atoms with Crippen LogP contribution in [0, 0.1) is 32.6 Å². The van der Waals surface area contributed by atoms with E-state index in [1.54, 1.807) is 36.1 Å². The minimum absolute atomic E-state index is 0.0570. The number of rotatable bonds is 11. The molecule has 1 fully saturated rings. The van der Waals surface area contributed by atoms with Crippen molar-refractivity contribution in [1.29, 1.82) is 0 Å². The third-order valence-electron chi connectivity index (χ3n) is 13.6. The molecule has 12 nitrogen and oxygen atoms in total. The number of aromatic hydroxyl groups is 1. The number of fused-ring (bicyclic) bond motifs is 4. The van der Waals surface area contributed by atoms with Crippen molar-refractivity contribution in [1.82, 2.24) is 10.2 Å². The largest absolute Gasteiger partial charge is 0.508 e. The number of aromatic carboxylic acids is 1. The van der Waals surface area contributed by atoms with Gasteiger partial charge in [-0.1, -0.05) is 12.1 Å².